The summed E-state index contributed by atoms with van der Waals surface area (Å²) in [6, 6.07) is 10.7. The summed E-state index contributed by atoms with van der Waals surface area (Å²) < 4.78 is 44.6. The first-order valence-corrected chi connectivity index (χ1v) is 11.2. The Hall–Kier alpha value is -1.93. The average molecular weight is 472 g/mol. The lowest BCUT2D eigenvalue weighted by Crippen LogP contribution is -2.21. The second-order valence-electron chi connectivity index (χ2n) is 6.28. The maximum absolute atomic E-state index is 13.7. The fourth-order valence-electron chi connectivity index (χ4n) is 2.86. The van der Waals surface area contributed by atoms with E-state index in [0.717, 1.165) is 4.47 Å². The van der Waals surface area contributed by atoms with Crippen molar-refractivity contribution in [3.63, 3.8) is 0 Å². The number of hydrogen-bond acceptors (Lipinski definition) is 5. The molecule has 0 heterocycles. The van der Waals surface area contributed by atoms with Crippen LogP contribution in [0.25, 0.3) is 0 Å². The monoisotopic (exact) mass is 471 g/mol. The van der Waals surface area contributed by atoms with E-state index in [1.54, 1.807) is 24.3 Å². The molecule has 5 nitrogen and oxygen atoms in total. The zero-order valence-corrected chi connectivity index (χ0v) is 18.1. The highest BCUT2D eigenvalue weighted by Crippen LogP contribution is 2.24. The molecule has 152 valence electrons. The third kappa shape index (κ3) is 5.54. The molecule has 0 saturated carbocycles. The summed E-state index contributed by atoms with van der Waals surface area (Å²) in [5, 5.41) is 2.62. The van der Waals surface area contributed by atoms with Crippen molar-refractivity contribution in [2.24, 2.45) is 0 Å². The van der Waals surface area contributed by atoms with Crippen LogP contribution in [-0.2, 0) is 14.6 Å². The number of anilines is 1. The molecule has 1 atom stereocenters. The Morgan fingerprint density at radius 3 is 2.50 bits per heavy atom. The van der Waals surface area contributed by atoms with Gasteiger partial charge in [-0.3, -0.25) is 0 Å². The molecule has 0 radical (unpaired) electrons. The number of halogens is 2. The summed E-state index contributed by atoms with van der Waals surface area (Å²) in [4.78, 5) is 11.9. The molecule has 8 heteroatoms. The molecule has 1 unspecified atom stereocenters. The van der Waals surface area contributed by atoms with Gasteiger partial charge in [0.05, 0.1) is 22.8 Å². The minimum atomic E-state index is -3.40. The van der Waals surface area contributed by atoms with E-state index in [-0.39, 0.29) is 5.56 Å². The molecule has 0 aliphatic heterocycles. The number of sulfone groups is 1. The quantitative estimate of drug-likeness (QED) is 0.419. The van der Waals surface area contributed by atoms with Gasteiger partial charge in [-0.05, 0) is 61.7 Å². The Bertz CT molecular complexity index is 916. The minimum absolute atomic E-state index is 0.142. The first kappa shape index (κ1) is 22.4. The van der Waals surface area contributed by atoms with Crippen LogP contribution in [0.5, 0.6) is 0 Å². The van der Waals surface area contributed by atoms with Gasteiger partial charge in [-0.15, -0.1) is 0 Å². The van der Waals surface area contributed by atoms with E-state index in [1.807, 2.05) is 6.92 Å². The molecule has 0 aromatic heterocycles. The van der Waals surface area contributed by atoms with Crippen LogP contribution in [0.3, 0.4) is 0 Å². The Kier molecular flexibility index (Phi) is 8.00. The zero-order valence-electron chi connectivity index (χ0n) is 15.7. The molecule has 0 amide bonds. The molecular formula is C20H23BrFNO4S. The summed E-state index contributed by atoms with van der Waals surface area (Å²) in [7, 11) is -2.21. The first-order chi connectivity index (χ1) is 13.3. The Labute approximate surface area is 173 Å². The molecule has 0 spiro atoms. The SMILES string of the molecule is CCC(CCCNc1ccc(F)c(C(=O)OC)c1)S(=O)(=O)c1ccc(Br)cc1. The maximum Gasteiger partial charge on any atom is 0.340 e. The summed E-state index contributed by atoms with van der Waals surface area (Å²) in [6.45, 7) is 2.36. The molecule has 0 fully saturated rings. The predicted octanol–water partition coefficient (Wildman–Crippen LogP) is 4.82. The van der Waals surface area contributed by atoms with Crippen molar-refractivity contribution in [1.82, 2.24) is 0 Å². The van der Waals surface area contributed by atoms with Gasteiger partial charge in [-0.25, -0.2) is 17.6 Å². The lowest BCUT2D eigenvalue weighted by molar-refractivity contribution is 0.0595. The van der Waals surface area contributed by atoms with E-state index in [0.29, 0.717) is 36.4 Å². The number of carbonyl (C=O) groups excluding carboxylic acids is 1. The number of esters is 1. The van der Waals surface area contributed by atoms with Crippen molar-refractivity contribution >= 4 is 37.4 Å². The van der Waals surface area contributed by atoms with Crippen molar-refractivity contribution in [3.05, 3.63) is 58.3 Å². The topological polar surface area (TPSA) is 72.5 Å². The van der Waals surface area contributed by atoms with Gasteiger partial charge in [0.1, 0.15) is 5.82 Å². The summed E-state index contributed by atoms with van der Waals surface area (Å²) in [5.41, 5.74) is 0.433. The Morgan fingerprint density at radius 2 is 1.89 bits per heavy atom. The van der Waals surface area contributed by atoms with Crippen LogP contribution >= 0.6 is 15.9 Å². The van der Waals surface area contributed by atoms with Crippen molar-refractivity contribution in [1.29, 1.82) is 0 Å². The van der Waals surface area contributed by atoms with Gasteiger partial charge < -0.3 is 10.1 Å². The van der Waals surface area contributed by atoms with Gasteiger partial charge in [0, 0.05) is 16.7 Å². The van der Waals surface area contributed by atoms with Crippen LogP contribution in [0.1, 0.15) is 36.5 Å². The second-order valence-corrected chi connectivity index (χ2v) is 9.43. The van der Waals surface area contributed by atoms with E-state index in [1.165, 1.54) is 25.3 Å². The molecule has 28 heavy (non-hydrogen) atoms. The van der Waals surface area contributed by atoms with Crippen molar-refractivity contribution in [2.45, 2.75) is 36.3 Å². The summed E-state index contributed by atoms with van der Waals surface area (Å²) in [5.74, 6) is -1.39. The standard InChI is InChI=1S/C20H23BrFNO4S/c1-3-16(28(25,26)17-9-6-14(21)7-10-17)5-4-12-23-15-8-11-19(22)18(13-15)20(24)27-2/h6-11,13,16,23H,3-5,12H2,1-2H3. The van der Waals surface area contributed by atoms with Crippen LogP contribution in [0.4, 0.5) is 10.1 Å². The van der Waals surface area contributed by atoms with Gasteiger partial charge in [0.25, 0.3) is 0 Å². The van der Waals surface area contributed by atoms with Crippen molar-refractivity contribution < 1.29 is 22.3 Å². The van der Waals surface area contributed by atoms with Gasteiger partial charge in [0.2, 0.25) is 0 Å². The molecule has 0 bridgehead atoms. The normalized spacial score (nSPS) is 12.4. The molecule has 0 aliphatic rings. The summed E-state index contributed by atoms with van der Waals surface area (Å²) in [6.07, 6.45) is 1.62. The second kappa shape index (κ2) is 10.0. The molecule has 0 saturated heterocycles. The molecule has 2 aromatic rings. The lowest BCUT2D eigenvalue weighted by Gasteiger charge is -2.16. The van der Waals surface area contributed by atoms with E-state index in [9.17, 15) is 17.6 Å². The van der Waals surface area contributed by atoms with E-state index in [2.05, 4.69) is 26.0 Å². The third-order valence-electron chi connectivity index (χ3n) is 4.44. The number of methoxy groups -OCH3 is 1. The molecule has 2 rings (SSSR count). The number of benzene rings is 2. The van der Waals surface area contributed by atoms with Gasteiger partial charge >= 0.3 is 5.97 Å². The highest BCUT2D eigenvalue weighted by atomic mass is 79.9. The number of carbonyl (C=O) groups is 1. The number of ether oxygens (including phenoxy) is 1. The van der Waals surface area contributed by atoms with Crippen LogP contribution in [0, 0.1) is 5.82 Å². The van der Waals surface area contributed by atoms with Gasteiger partial charge in [-0.1, -0.05) is 22.9 Å². The minimum Gasteiger partial charge on any atom is -0.465 e. The molecule has 2 aromatic carbocycles. The predicted molar refractivity (Wildman–Crippen MR) is 111 cm³/mol. The Morgan fingerprint density at radius 1 is 1.21 bits per heavy atom. The largest absolute Gasteiger partial charge is 0.465 e. The van der Waals surface area contributed by atoms with Crippen LogP contribution in [0.15, 0.2) is 51.8 Å². The summed E-state index contributed by atoms with van der Waals surface area (Å²) >= 11 is 3.31. The van der Waals surface area contributed by atoms with Crippen molar-refractivity contribution in [2.75, 3.05) is 19.0 Å². The fourth-order valence-corrected chi connectivity index (χ4v) is 4.94. The van der Waals surface area contributed by atoms with Gasteiger partial charge in [0.15, 0.2) is 9.84 Å². The fraction of sp³-hybridized carbons (Fsp3) is 0.350. The van der Waals surface area contributed by atoms with Crippen LogP contribution in [-0.4, -0.2) is 33.3 Å². The van der Waals surface area contributed by atoms with E-state index < -0.39 is 26.9 Å². The van der Waals surface area contributed by atoms with Gasteiger partial charge in [-0.2, -0.15) is 0 Å². The lowest BCUT2D eigenvalue weighted by atomic mass is 10.1. The first-order valence-electron chi connectivity index (χ1n) is 8.90. The molecule has 1 N–H and O–H groups in total. The number of rotatable bonds is 9. The Balaban J connectivity index is 1.96. The maximum atomic E-state index is 13.7. The van der Waals surface area contributed by atoms with Crippen LogP contribution in [0.2, 0.25) is 0 Å². The molecule has 0 aliphatic carbocycles. The van der Waals surface area contributed by atoms with Crippen LogP contribution < -0.4 is 5.32 Å². The number of hydrogen-bond donors (Lipinski definition) is 1. The van der Waals surface area contributed by atoms with E-state index >= 15 is 0 Å². The molecular weight excluding hydrogens is 449 g/mol. The third-order valence-corrected chi connectivity index (χ3v) is 7.34. The average Bonchev–Trinajstić information content (AvgIpc) is 2.68. The number of nitrogens with one attached hydrogen (secondary N) is 1. The van der Waals surface area contributed by atoms with Crippen molar-refractivity contribution in [3.8, 4) is 0 Å². The highest BCUT2D eigenvalue weighted by molar-refractivity contribution is 9.10. The van der Waals surface area contributed by atoms with E-state index in [4.69, 9.17) is 0 Å². The highest BCUT2D eigenvalue weighted by Gasteiger charge is 2.25. The zero-order chi connectivity index (χ0) is 20.7. The smallest absolute Gasteiger partial charge is 0.340 e.